The molecule has 0 radical (unpaired) electrons. The van der Waals surface area contributed by atoms with E-state index in [9.17, 15) is 0 Å². The minimum Gasteiger partial charge on any atom is -0.307 e. The van der Waals surface area contributed by atoms with Gasteiger partial charge in [0, 0.05) is 30.0 Å². The first-order valence-corrected chi connectivity index (χ1v) is 5.79. The predicted octanol–water partition coefficient (Wildman–Crippen LogP) is 1.51. The third kappa shape index (κ3) is 1.13. The molecule has 0 fully saturated rings. The summed E-state index contributed by atoms with van der Waals surface area (Å²) in [6, 6.07) is 0. The molecule has 0 unspecified atom stereocenters. The van der Waals surface area contributed by atoms with Crippen LogP contribution in [0, 0.1) is 13.8 Å². The van der Waals surface area contributed by atoms with E-state index in [0.717, 1.165) is 36.5 Å². The van der Waals surface area contributed by atoms with Crippen molar-refractivity contribution in [1.82, 2.24) is 19.9 Å². The quantitative estimate of drug-likeness (QED) is 0.785. The minimum atomic E-state index is 0.874. The molecule has 1 aliphatic heterocycles. The molecule has 2 aromatic rings. The molecule has 1 aliphatic rings. The van der Waals surface area contributed by atoms with Crippen LogP contribution < -0.4 is 5.32 Å². The Labute approximate surface area is 94.7 Å². The van der Waals surface area contributed by atoms with Crippen molar-refractivity contribution in [2.24, 2.45) is 0 Å². The number of rotatable bonds is 1. The summed E-state index contributed by atoms with van der Waals surface area (Å²) in [5, 5.41) is 7.95. The molecular weight excluding hydrogens is 200 g/mol. The fourth-order valence-corrected chi connectivity index (χ4v) is 2.59. The normalized spacial score (nSPS) is 14.7. The standard InChI is InChI=1S/C12H16N4/c1-4-9-7(2)14-12-10-5-13-6-11(10)15-16(12)8(9)3/h13H,4-6H2,1-3H3. The maximum Gasteiger partial charge on any atom is 0.160 e. The van der Waals surface area contributed by atoms with E-state index in [-0.39, 0.29) is 0 Å². The molecule has 0 amide bonds. The van der Waals surface area contributed by atoms with Gasteiger partial charge < -0.3 is 5.32 Å². The van der Waals surface area contributed by atoms with Gasteiger partial charge in [-0.05, 0) is 25.8 Å². The molecule has 0 aromatic carbocycles. The fraction of sp³-hybridized carbons (Fsp3) is 0.500. The molecule has 3 heterocycles. The molecule has 0 atom stereocenters. The smallest absolute Gasteiger partial charge is 0.160 e. The third-order valence-corrected chi connectivity index (χ3v) is 3.45. The highest BCUT2D eigenvalue weighted by atomic mass is 15.3. The van der Waals surface area contributed by atoms with Gasteiger partial charge in [-0.2, -0.15) is 5.10 Å². The van der Waals surface area contributed by atoms with Crippen molar-refractivity contribution in [3.63, 3.8) is 0 Å². The summed E-state index contributed by atoms with van der Waals surface area (Å²) in [5.41, 5.74) is 7.16. The number of aryl methyl sites for hydroxylation is 2. The van der Waals surface area contributed by atoms with E-state index in [2.05, 4.69) is 31.2 Å². The van der Waals surface area contributed by atoms with Gasteiger partial charge in [0.15, 0.2) is 5.65 Å². The topological polar surface area (TPSA) is 42.2 Å². The number of nitrogens with one attached hydrogen (secondary N) is 1. The lowest BCUT2D eigenvalue weighted by atomic mass is 10.1. The van der Waals surface area contributed by atoms with Crippen molar-refractivity contribution in [2.45, 2.75) is 40.3 Å². The van der Waals surface area contributed by atoms with Gasteiger partial charge in [-0.3, -0.25) is 0 Å². The van der Waals surface area contributed by atoms with Gasteiger partial charge in [-0.15, -0.1) is 0 Å². The summed E-state index contributed by atoms with van der Waals surface area (Å²) in [4.78, 5) is 4.70. The van der Waals surface area contributed by atoms with Crippen LogP contribution in [0.2, 0.25) is 0 Å². The Kier molecular flexibility index (Phi) is 2.01. The van der Waals surface area contributed by atoms with E-state index in [4.69, 9.17) is 4.98 Å². The summed E-state index contributed by atoms with van der Waals surface area (Å²) in [7, 11) is 0. The first kappa shape index (κ1) is 9.78. The summed E-state index contributed by atoms with van der Waals surface area (Å²) < 4.78 is 2.01. The van der Waals surface area contributed by atoms with Gasteiger partial charge in [0.25, 0.3) is 0 Å². The Morgan fingerprint density at radius 3 is 2.88 bits per heavy atom. The second kappa shape index (κ2) is 3.28. The van der Waals surface area contributed by atoms with Gasteiger partial charge in [0.2, 0.25) is 0 Å². The first-order chi connectivity index (χ1) is 7.72. The van der Waals surface area contributed by atoms with Crippen LogP contribution in [-0.4, -0.2) is 14.6 Å². The van der Waals surface area contributed by atoms with Crippen LogP contribution in [0.25, 0.3) is 5.65 Å². The van der Waals surface area contributed by atoms with Crippen molar-refractivity contribution >= 4 is 5.65 Å². The molecule has 0 bridgehead atoms. The Hall–Kier alpha value is -1.42. The van der Waals surface area contributed by atoms with E-state index in [0.29, 0.717) is 0 Å². The van der Waals surface area contributed by atoms with Crippen LogP contribution in [0.3, 0.4) is 0 Å². The zero-order valence-electron chi connectivity index (χ0n) is 9.96. The summed E-state index contributed by atoms with van der Waals surface area (Å²) >= 11 is 0. The number of fused-ring (bicyclic) bond motifs is 3. The predicted molar refractivity (Wildman–Crippen MR) is 62.4 cm³/mol. The molecular formula is C12H16N4. The van der Waals surface area contributed by atoms with Gasteiger partial charge in [0.05, 0.1) is 5.69 Å². The number of hydrogen-bond donors (Lipinski definition) is 1. The lowest BCUT2D eigenvalue weighted by molar-refractivity contribution is 0.724. The number of aromatic nitrogens is 3. The molecule has 16 heavy (non-hydrogen) atoms. The van der Waals surface area contributed by atoms with Gasteiger partial charge >= 0.3 is 0 Å². The zero-order chi connectivity index (χ0) is 11.3. The van der Waals surface area contributed by atoms with Crippen molar-refractivity contribution < 1.29 is 0 Å². The molecule has 0 aliphatic carbocycles. The highest BCUT2D eigenvalue weighted by molar-refractivity contribution is 5.54. The van der Waals surface area contributed by atoms with Gasteiger partial charge in [0.1, 0.15) is 0 Å². The maximum atomic E-state index is 4.70. The van der Waals surface area contributed by atoms with E-state index in [1.54, 1.807) is 0 Å². The molecule has 4 heteroatoms. The lowest BCUT2D eigenvalue weighted by Gasteiger charge is -2.09. The molecule has 0 spiro atoms. The highest BCUT2D eigenvalue weighted by Gasteiger charge is 2.21. The Balaban J connectivity index is 2.38. The van der Waals surface area contributed by atoms with Crippen LogP contribution in [0.1, 0.15) is 35.1 Å². The Morgan fingerprint density at radius 2 is 2.12 bits per heavy atom. The SMILES string of the molecule is CCc1c(C)nc2c3c(nn2c1C)CNC3. The minimum absolute atomic E-state index is 0.874. The summed E-state index contributed by atoms with van der Waals surface area (Å²) in [6.45, 7) is 8.17. The molecule has 1 N–H and O–H groups in total. The van der Waals surface area contributed by atoms with Crippen LogP contribution in [0.4, 0.5) is 0 Å². The molecule has 0 saturated carbocycles. The van der Waals surface area contributed by atoms with Crippen LogP contribution >= 0.6 is 0 Å². The molecule has 4 nitrogen and oxygen atoms in total. The highest BCUT2D eigenvalue weighted by Crippen LogP contribution is 2.22. The van der Waals surface area contributed by atoms with Crippen molar-refractivity contribution in [3.8, 4) is 0 Å². The summed E-state index contributed by atoms with van der Waals surface area (Å²) in [5.74, 6) is 0. The number of hydrogen-bond acceptors (Lipinski definition) is 3. The van der Waals surface area contributed by atoms with Crippen LogP contribution in [0.15, 0.2) is 0 Å². The van der Waals surface area contributed by atoms with Crippen molar-refractivity contribution in [1.29, 1.82) is 0 Å². The number of nitrogens with zero attached hydrogens (tertiary/aromatic N) is 3. The van der Waals surface area contributed by atoms with E-state index < -0.39 is 0 Å². The molecule has 84 valence electrons. The largest absolute Gasteiger partial charge is 0.307 e. The van der Waals surface area contributed by atoms with Crippen molar-refractivity contribution in [3.05, 3.63) is 28.2 Å². The Morgan fingerprint density at radius 1 is 1.31 bits per heavy atom. The van der Waals surface area contributed by atoms with Gasteiger partial charge in [-0.25, -0.2) is 9.50 Å². The molecule has 0 saturated heterocycles. The van der Waals surface area contributed by atoms with Gasteiger partial charge in [-0.1, -0.05) is 6.92 Å². The average Bonchev–Trinajstić information content (AvgIpc) is 2.80. The lowest BCUT2D eigenvalue weighted by Crippen LogP contribution is -2.08. The monoisotopic (exact) mass is 216 g/mol. The Bertz CT molecular complexity index is 568. The second-order valence-electron chi connectivity index (χ2n) is 4.38. The average molecular weight is 216 g/mol. The third-order valence-electron chi connectivity index (χ3n) is 3.45. The van der Waals surface area contributed by atoms with E-state index >= 15 is 0 Å². The maximum absolute atomic E-state index is 4.70. The van der Waals surface area contributed by atoms with Crippen LogP contribution in [0.5, 0.6) is 0 Å². The van der Waals surface area contributed by atoms with E-state index in [1.165, 1.54) is 16.8 Å². The summed E-state index contributed by atoms with van der Waals surface area (Å²) in [6.07, 6.45) is 1.02. The fourth-order valence-electron chi connectivity index (χ4n) is 2.59. The van der Waals surface area contributed by atoms with Crippen LogP contribution in [-0.2, 0) is 19.5 Å². The van der Waals surface area contributed by atoms with Crippen molar-refractivity contribution in [2.75, 3.05) is 0 Å². The van der Waals surface area contributed by atoms with E-state index in [1.807, 2.05) is 4.52 Å². The second-order valence-corrected chi connectivity index (χ2v) is 4.38. The zero-order valence-corrected chi connectivity index (χ0v) is 9.96. The molecule has 3 rings (SSSR count). The molecule has 2 aromatic heterocycles. The first-order valence-electron chi connectivity index (χ1n) is 5.79.